The van der Waals surface area contributed by atoms with Gasteiger partial charge in [0, 0.05) is 23.4 Å². The van der Waals surface area contributed by atoms with E-state index in [4.69, 9.17) is 13.9 Å². The lowest BCUT2D eigenvalue weighted by molar-refractivity contribution is -0.118. The molecule has 0 unspecified atom stereocenters. The first-order chi connectivity index (χ1) is 14.5. The van der Waals surface area contributed by atoms with E-state index >= 15 is 0 Å². The van der Waals surface area contributed by atoms with Crippen LogP contribution in [0.3, 0.4) is 0 Å². The van der Waals surface area contributed by atoms with Gasteiger partial charge in [-0.1, -0.05) is 18.2 Å². The minimum Gasteiger partial charge on any atom is -0.495 e. The summed E-state index contributed by atoms with van der Waals surface area (Å²) in [4.78, 5) is 23.7. The van der Waals surface area contributed by atoms with Gasteiger partial charge in [0.05, 0.1) is 12.8 Å². The Hall–Kier alpha value is -4.00. The Bertz CT molecular complexity index is 1250. The maximum atomic E-state index is 12.4. The molecule has 0 saturated carbocycles. The lowest BCUT2D eigenvalue weighted by Gasteiger charge is -2.13. The molecule has 1 aromatic heterocycles. The number of carbonyl (C=O) groups is 2. The smallest absolute Gasteiger partial charge is 0.262 e. The second-order valence-corrected chi connectivity index (χ2v) is 6.69. The summed E-state index contributed by atoms with van der Waals surface area (Å²) < 4.78 is 16.7. The Morgan fingerprint density at radius 2 is 1.73 bits per heavy atom. The van der Waals surface area contributed by atoms with Gasteiger partial charge < -0.3 is 24.5 Å². The van der Waals surface area contributed by atoms with Crippen molar-refractivity contribution in [3.05, 3.63) is 60.7 Å². The zero-order valence-corrected chi connectivity index (χ0v) is 16.5. The van der Waals surface area contributed by atoms with Crippen LogP contribution in [0, 0.1) is 0 Å². The fraction of sp³-hybridized carbons (Fsp3) is 0.130. The fourth-order valence-corrected chi connectivity index (χ4v) is 3.22. The highest BCUT2D eigenvalue weighted by atomic mass is 16.5. The van der Waals surface area contributed by atoms with Crippen LogP contribution in [0.15, 0.2) is 65.1 Å². The van der Waals surface area contributed by atoms with Crippen molar-refractivity contribution in [3.63, 3.8) is 0 Å². The van der Waals surface area contributed by atoms with Crippen LogP contribution in [0.5, 0.6) is 11.5 Å². The molecule has 4 aromatic rings. The van der Waals surface area contributed by atoms with Gasteiger partial charge in [0.15, 0.2) is 6.61 Å². The second-order valence-electron chi connectivity index (χ2n) is 6.69. The van der Waals surface area contributed by atoms with E-state index in [2.05, 4.69) is 10.6 Å². The van der Waals surface area contributed by atoms with Crippen LogP contribution in [0.2, 0.25) is 0 Å². The molecule has 3 aromatic carbocycles. The molecule has 0 aliphatic rings. The van der Waals surface area contributed by atoms with E-state index in [0.717, 1.165) is 21.9 Å². The Labute approximate surface area is 172 Å². The average Bonchev–Trinajstić information content (AvgIpc) is 3.10. The summed E-state index contributed by atoms with van der Waals surface area (Å²) >= 11 is 0. The molecule has 7 nitrogen and oxygen atoms in total. The fourth-order valence-electron chi connectivity index (χ4n) is 3.22. The molecule has 30 heavy (non-hydrogen) atoms. The molecule has 0 spiro atoms. The SMILES string of the molecule is COc1ccc(NC(C)=O)cc1NC(=O)COc1ccc2oc3ccccc3c2c1. The number of nitrogens with one attached hydrogen (secondary N) is 2. The molecule has 0 saturated heterocycles. The van der Waals surface area contributed by atoms with E-state index < -0.39 is 0 Å². The Balaban J connectivity index is 1.47. The number of furan rings is 1. The molecule has 7 heteroatoms. The van der Waals surface area contributed by atoms with Crippen molar-refractivity contribution in [1.82, 2.24) is 0 Å². The summed E-state index contributed by atoms with van der Waals surface area (Å²) in [5.41, 5.74) is 2.55. The number of para-hydroxylation sites is 1. The topological polar surface area (TPSA) is 89.8 Å². The van der Waals surface area contributed by atoms with E-state index in [9.17, 15) is 9.59 Å². The molecular weight excluding hydrogens is 384 g/mol. The van der Waals surface area contributed by atoms with Gasteiger partial charge in [0.25, 0.3) is 5.91 Å². The van der Waals surface area contributed by atoms with Crippen LogP contribution < -0.4 is 20.1 Å². The van der Waals surface area contributed by atoms with Crippen molar-refractivity contribution in [2.45, 2.75) is 6.92 Å². The maximum Gasteiger partial charge on any atom is 0.262 e. The van der Waals surface area contributed by atoms with Gasteiger partial charge in [-0.05, 0) is 42.5 Å². The van der Waals surface area contributed by atoms with Gasteiger partial charge >= 0.3 is 0 Å². The number of amides is 2. The summed E-state index contributed by atoms with van der Waals surface area (Å²) in [6, 6.07) is 18.2. The predicted molar refractivity (Wildman–Crippen MR) is 115 cm³/mol. The normalized spacial score (nSPS) is 10.7. The maximum absolute atomic E-state index is 12.4. The van der Waals surface area contributed by atoms with Crippen molar-refractivity contribution in [1.29, 1.82) is 0 Å². The van der Waals surface area contributed by atoms with Gasteiger partial charge in [-0.15, -0.1) is 0 Å². The number of ether oxygens (including phenoxy) is 2. The zero-order chi connectivity index (χ0) is 21.1. The van der Waals surface area contributed by atoms with Gasteiger partial charge in [0.1, 0.15) is 22.7 Å². The monoisotopic (exact) mass is 404 g/mol. The quantitative estimate of drug-likeness (QED) is 0.491. The summed E-state index contributed by atoms with van der Waals surface area (Å²) in [7, 11) is 1.50. The number of anilines is 2. The number of hydrogen-bond acceptors (Lipinski definition) is 5. The average molecular weight is 404 g/mol. The summed E-state index contributed by atoms with van der Waals surface area (Å²) in [6.07, 6.45) is 0. The van der Waals surface area contributed by atoms with E-state index in [1.54, 1.807) is 24.3 Å². The molecule has 0 atom stereocenters. The number of methoxy groups -OCH3 is 1. The van der Waals surface area contributed by atoms with Crippen LogP contribution in [0.4, 0.5) is 11.4 Å². The van der Waals surface area contributed by atoms with E-state index in [-0.39, 0.29) is 18.4 Å². The van der Waals surface area contributed by atoms with Gasteiger partial charge in [-0.2, -0.15) is 0 Å². The first kappa shape index (κ1) is 19.3. The third kappa shape index (κ3) is 4.05. The number of benzene rings is 3. The molecule has 1 heterocycles. The van der Waals surface area contributed by atoms with Gasteiger partial charge in [0.2, 0.25) is 5.91 Å². The largest absolute Gasteiger partial charge is 0.495 e. The standard InChI is InChI=1S/C23H20N2O5/c1-14(26)24-15-7-9-22(28-2)19(11-15)25-23(27)13-29-16-8-10-21-18(12-16)17-5-3-4-6-20(17)30-21/h3-12H,13H2,1-2H3,(H,24,26)(H,25,27). The highest BCUT2D eigenvalue weighted by Gasteiger charge is 2.12. The van der Waals surface area contributed by atoms with Crippen LogP contribution in [0.1, 0.15) is 6.92 Å². The summed E-state index contributed by atoms with van der Waals surface area (Å²) in [6.45, 7) is 1.23. The third-order valence-corrected chi connectivity index (χ3v) is 4.51. The summed E-state index contributed by atoms with van der Waals surface area (Å²) in [5, 5.41) is 7.33. The Morgan fingerprint density at radius 1 is 0.933 bits per heavy atom. The predicted octanol–water partition coefficient (Wildman–Crippen LogP) is 4.57. The minimum atomic E-state index is -0.356. The minimum absolute atomic E-state index is 0.186. The molecule has 2 N–H and O–H groups in total. The second kappa shape index (κ2) is 8.16. The van der Waals surface area contributed by atoms with Crippen LogP contribution >= 0.6 is 0 Å². The van der Waals surface area contributed by atoms with Crippen LogP contribution in [-0.4, -0.2) is 25.5 Å². The molecule has 4 rings (SSSR count). The number of carbonyl (C=O) groups excluding carboxylic acids is 2. The van der Waals surface area contributed by atoms with Crippen LogP contribution in [0.25, 0.3) is 21.9 Å². The lowest BCUT2D eigenvalue weighted by atomic mass is 10.1. The number of fused-ring (bicyclic) bond motifs is 3. The van der Waals surface area contributed by atoms with Crippen molar-refractivity contribution in [3.8, 4) is 11.5 Å². The van der Waals surface area contributed by atoms with Gasteiger partial charge in [-0.3, -0.25) is 9.59 Å². The highest BCUT2D eigenvalue weighted by Crippen LogP contribution is 2.31. The van der Waals surface area contributed by atoms with Crippen LogP contribution in [-0.2, 0) is 9.59 Å². The molecule has 0 fully saturated rings. The molecule has 0 aliphatic heterocycles. The molecule has 152 valence electrons. The summed E-state index contributed by atoms with van der Waals surface area (Å²) in [5.74, 6) is 0.472. The molecule has 2 amide bonds. The number of hydrogen-bond donors (Lipinski definition) is 2. The third-order valence-electron chi connectivity index (χ3n) is 4.51. The van der Waals surface area contributed by atoms with E-state index in [0.29, 0.717) is 22.9 Å². The van der Waals surface area contributed by atoms with Crippen molar-refractivity contribution < 1.29 is 23.5 Å². The molecular formula is C23H20N2O5. The highest BCUT2D eigenvalue weighted by molar-refractivity contribution is 6.05. The van der Waals surface area contributed by atoms with E-state index in [1.807, 2.05) is 36.4 Å². The zero-order valence-electron chi connectivity index (χ0n) is 16.5. The van der Waals surface area contributed by atoms with Crippen molar-refractivity contribution in [2.24, 2.45) is 0 Å². The van der Waals surface area contributed by atoms with Crippen molar-refractivity contribution >= 4 is 45.1 Å². The van der Waals surface area contributed by atoms with Gasteiger partial charge in [-0.25, -0.2) is 0 Å². The Kier molecular flexibility index (Phi) is 5.26. The van der Waals surface area contributed by atoms with E-state index in [1.165, 1.54) is 14.0 Å². The molecule has 0 aliphatic carbocycles. The number of rotatable bonds is 6. The lowest BCUT2D eigenvalue weighted by Crippen LogP contribution is -2.20. The first-order valence-corrected chi connectivity index (χ1v) is 9.33. The Morgan fingerprint density at radius 3 is 2.53 bits per heavy atom. The molecule has 0 radical (unpaired) electrons. The van der Waals surface area contributed by atoms with Crippen molar-refractivity contribution in [2.75, 3.05) is 24.4 Å². The molecule has 0 bridgehead atoms. The first-order valence-electron chi connectivity index (χ1n) is 9.33.